The van der Waals surface area contributed by atoms with Gasteiger partial charge in [-0.3, -0.25) is 0 Å². The van der Waals surface area contributed by atoms with Crippen molar-refractivity contribution >= 4 is 5.97 Å². The number of halogens is 2. The Bertz CT molecular complexity index is 671. The molecule has 0 radical (unpaired) electrons. The van der Waals surface area contributed by atoms with Crippen LogP contribution in [0.4, 0.5) is 8.78 Å². The number of carboxylic acid groups (broad SMARTS) is 1. The molecule has 2 aromatic carbocycles. The zero-order valence-corrected chi connectivity index (χ0v) is 11.1. The molecule has 0 unspecified atom stereocenters. The number of hydrogen-bond acceptors (Lipinski definition) is 3. The first-order valence-electron chi connectivity index (χ1n) is 5.99. The van der Waals surface area contributed by atoms with Gasteiger partial charge in [-0.1, -0.05) is 0 Å². The van der Waals surface area contributed by atoms with Crippen molar-refractivity contribution in [2.24, 2.45) is 0 Å². The van der Waals surface area contributed by atoms with E-state index in [-0.39, 0.29) is 23.5 Å². The van der Waals surface area contributed by atoms with Crippen molar-refractivity contribution in [2.75, 3.05) is 7.11 Å². The maximum absolute atomic E-state index is 13.5. The van der Waals surface area contributed by atoms with E-state index in [0.717, 1.165) is 18.2 Å². The van der Waals surface area contributed by atoms with Gasteiger partial charge in [-0.15, -0.1) is 0 Å². The van der Waals surface area contributed by atoms with Gasteiger partial charge in [0, 0.05) is 5.56 Å². The fourth-order valence-electron chi connectivity index (χ4n) is 1.74. The van der Waals surface area contributed by atoms with Crippen LogP contribution in [0, 0.1) is 11.6 Å². The van der Waals surface area contributed by atoms with E-state index in [4.69, 9.17) is 14.6 Å². The van der Waals surface area contributed by atoms with Crippen LogP contribution < -0.4 is 9.47 Å². The molecule has 2 rings (SSSR count). The van der Waals surface area contributed by atoms with E-state index in [0.29, 0.717) is 5.75 Å². The first-order valence-corrected chi connectivity index (χ1v) is 5.99. The van der Waals surface area contributed by atoms with Gasteiger partial charge in [0.15, 0.2) is 0 Å². The van der Waals surface area contributed by atoms with Crippen LogP contribution in [0.3, 0.4) is 0 Å². The summed E-state index contributed by atoms with van der Waals surface area (Å²) in [5.74, 6) is -2.02. The first-order chi connectivity index (χ1) is 10.0. The third-order valence-corrected chi connectivity index (χ3v) is 2.81. The molecule has 1 N–H and O–H groups in total. The van der Waals surface area contributed by atoms with E-state index in [2.05, 4.69) is 0 Å². The number of methoxy groups -OCH3 is 1. The minimum absolute atomic E-state index is 0.00200. The predicted molar refractivity (Wildman–Crippen MR) is 70.6 cm³/mol. The summed E-state index contributed by atoms with van der Waals surface area (Å²) in [6.07, 6.45) is 0. The lowest BCUT2D eigenvalue weighted by atomic mass is 10.2. The molecular weight excluding hydrogens is 282 g/mol. The van der Waals surface area contributed by atoms with E-state index in [1.54, 1.807) is 0 Å². The van der Waals surface area contributed by atoms with Crippen molar-refractivity contribution in [1.82, 2.24) is 0 Å². The summed E-state index contributed by atoms with van der Waals surface area (Å²) in [5, 5.41) is 9.11. The Kier molecular flexibility index (Phi) is 4.37. The van der Waals surface area contributed by atoms with Gasteiger partial charge in [0.05, 0.1) is 7.11 Å². The lowest BCUT2D eigenvalue weighted by molar-refractivity contribution is 0.0691. The number of hydrogen-bond donors (Lipinski definition) is 1. The molecule has 0 heterocycles. The second kappa shape index (κ2) is 6.21. The van der Waals surface area contributed by atoms with E-state index in [1.807, 2.05) is 0 Å². The minimum atomic E-state index is -1.20. The Labute approximate surface area is 119 Å². The van der Waals surface area contributed by atoms with Crippen LogP contribution in [-0.4, -0.2) is 18.2 Å². The molecule has 110 valence electrons. The molecule has 0 amide bonds. The molecule has 0 aliphatic rings. The highest BCUT2D eigenvalue weighted by molar-refractivity contribution is 5.91. The SMILES string of the molecule is COc1ccc(OCc2cc(F)ccc2F)c(C(=O)O)c1. The molecule has 0 saturated carbocycles. The maximum Gasteiger partial charge on any atom is 0.339 e. The number of rotatable bonds is 5. The van der Waals surface area contributed by atoms with E-state index < -0.39 is 17.6 Å². The summed E-state index contributed by atoms with van der Waals surface area (Å²) in [5.41, 5.74) is -0.117. The summed E-state index contributed by atoms with van der Waals surface area (Å²) < 4.78 is 36.7. The Morgan fingerprint density at radius 2 is 1.95 bits per heavy atom. The molecule has 0 aliphatic heterocycles. The Morgan fingerprint density at radius 1 is 1.19 bits per heavy atom. The lowest BCUT2D eigenvalue weighted by Crippen LogP contribution is -2.05. The van der Waals surface area contributed by atoms with Crippen LogP contribution in [0.1, 0.15) is 15.9 Å². The number of carbonyl (C=O) groups is 1. The molecule has 0 aliphatic carbocycles. The summed E-state index contributed by atoms with van der Waals surface area (Å²) in [7, 11) is 1.41. The van der Waals surface area contributed by atoms with Gasteiger partial charge < -0.3 is 14.6 Å². The van der Waals surface area contributed by atoms with Gasteiger partial charge >= 0.3 is 5.97 Å². The molecule has 0 saturated heterocycles. The van der Waals surface area contributed by atoms with E-state index in [9.17, 15) is 13.6 Å². The van der Waals surface area contributed by atoms with Crippen LogP contribution in [0.15, 0.2) is 36.4 Å². The normalized spacial score (nSPS) is 10.2. The third kappa shape index (κ3) is 3.47. The number of benzene rings is 2. The number of aromatic carboxylic acids is 1. The second-order valence-corrected chi connectivity index (χ2v) is 4.19. The van der Waals surface area contributed by atoms with Crippen molar-refractivity contribution in [3.8, 4) is 11.5 Å². The van der Waals surface area contributed by atoms with Crippen LogP contribution in [0.5, 0.6) is 11.5 Å². The second-order valence-electron chi connectivity index (χ2n) is 4.19. The molecular formula is C15H12F2O4. The average molecular weight is 294 g/mol. The molecule has 2 aromatic rings. The molecule has 21 heavy (non-hydrogen) atoms. The molecule has 0 aromatic heterocycles. The largest absolute Gasteiger partial charge is 0.497 e. The highest BCUT2D eigenvalue weighted by Crippen LogP contribution is 2.25. The van der Waals surface area contributed by atoms with Crippen LogP contribution in [0.2, 0.25) is 0 Å². The highest BCUT2D eigenvalue weighted by atomic mass is 19.1. The summed E-state index contributed by atoms with van der Waals surface area (Å²) in [6, 6.07) is 7.19. The van der Waals surface area contributed by atoms with Crippen molar-refractivity contribution < 1.29 is 28.2 Å². The quantitative estimate of drug-likeness (QED) is 0.919. The fraction of sp³-hybridized carbons (Fsp3) is 0.133. The third-order valence-electron chi connectivity index (χ3n) is 2.81. The Balaban J connectivity index is 2.23. The molecule has 6 heteroatoms. The highest BCUT2D eigenvalue weighted by Gasteiger charge is 2.14. The topological polar surface area (TPSA) is 55.8 Å². The molecule has 0 fully saturated rings. The van der Waals surface area contributed by atoms with Crippen LogP contribution >= 0.6 is 0 Å². The Morgan fingerprint density at radius 3 is 2.62 bits per heavy atom. The van der Waals surface area contributed by atoms with Gasteiger partial charge in [-0.05, 0) is 36.4 Å². The summed E-state index contributed by atoms with van der Waals surface area (Å²) in [4.78, 5) is 11.2. The van der Waals surface area contributed by atoms with E-state index in [1.165, 1.54) is 25.3 Å². The fourth-order valence-corrected chi connectivity index (χ4v) is 1.74. The molecule has 0 atom stereocenters. The summed E-state index contributed by atoms with van der Waals surface area (Å²) in [6.45, 7) is -0.282. The maximum atomic E-state index is 13.5. The summed E-state index contributed by atoms with van der Waals surface area (Å²) >= 11 is 0. The van der Waals surface area contributed by atoms with Crippen LogP contribution in [-0.2, 0) is 6.61 Å². The standard InChI is InChI=1S/C15H12F2O4/c1-20-11-3-5-14(12(7-11)15(18)19)21-8-9-6-10(16)2-4-13(9)17/h2-7H,8H2,1H3,(H,18,19). The monoisotopic (exact) mass is 294 g/mol. The zero-order valence-electron chi connectivity index (χ0n) is 11.1. The van der Waals surface area contributed by atoms with Gasteiger partial charge in [-0.2, -0.15) is 0 Å². The zero-order chi connectivity index (χ0) is 15.4. The van der Waals surface area contributed by atoms with Crippen molar-refractivity contribution in [3.05, 3.63) is 59.2 Å². The minimum Gasteiger partial charge on any atom is -0.497 e. The van der Waals surface area contributed by atoms with Gasteiger partial charge in [-0.25, -0.2) is 13.6 Å². The van der Waals surface area contributed by atoms with Crippen molar-refractivity contribution in [3.63, 3.8) is 0 Å². The smallest absolute Gasteiger partial charge is 0.339 e. The average Bonchev–Trinajstić information content (AvgIpc) is 2.48. The van der Waals surface area contributed by atoms with Gasteiger partial charge in [0.25, 0.3) is 0 Å². The predicted octanol–water partition coefficient (Wildman–Crippen LogP) is 3.25. The lowest BCUT2D eigenvalue weighted by Gasteiger charge is -2.11. The number of ether oxygens (including phenoxy) is 2. The number of carboxylic acids is 1. The molecule has 0 spiro atoms. The van der Waals surface area contributed by atoms with Gasteiger partial charge in [0.2, 0.25) is 0 Å². The molecule has 4 nitrogen and oxygen atoms in total. The first kappa shape index (κ1) is 14.8. The van der Waals surface area contributed by atoms with Crippen molar-refractivity contribution in [2.45, 2.75) is 6.61 Å². The molecule has 0 bridgehead atoms. The van der Waals surface area contributed by atoms with Crippen molar-refractivity contribution in [1.29, 1.82) is 0 Å². The van der Waals surface area contributed by atoms with Crippen LogP contribution in [0.25, 0.3) is 0 Å². The van der Waals surface area contributed by atoms with Gasteiger partial charge in [0.1, 0.15) is 35.3 Å². The Hall–Kier alpha value is -2.63. The van der Waals surface area contributed by atoms with E-state index >= 15 is 0 Å².